The van der Waals surface area contributed by atoms with Gasteiger partial charge in [-0.2, -0.15) is 0 Å². The molecule has 0 spiro atoms. The van der Waals surface area contributed by atoms with Gasteiger partial charge in [0.2, 0.25) is 0 Å². The Bertz CT molecular complexity index is 1450. The van der Waals surface area contributed by atoms with Crippen LogP contribution >= 0.6 is 23.4 Å². The lowest BCUT2D eigenvalue weighted by Crippen LogP contribution is -2.48. The van der Waals surface area contributed by atoms with E-state index in [-0.39, 0.29) is 5.91 Å². The lowest BCUT2D eigenvalue weighted by atomic mass is 10.1. The third-order valence-corrected chi connectivity index (χ3v) is 8.07. The number of thioether (sulfide) groups is 1. The van der Waals surface area contributed by atoms with Crippen molar-refractivity contribution in [2.75, 3.05) is 49.6 Å². The van der Waals surface area contributed by atoms with Crippen LogP contribution in [0.2, 0.25) is 5.15 Å². The zero-order valence-electron chi connectivity index (χ0n) is 23.4. The van der Waals surface area contributed by atoms with E-state index in [0.717, 1.165) is 42.5 Å². The highest BCUT2D eigenvalue weighted by Crippen LogP contribution is 2.29. The van der Waals surface area contributed by atoms with Crippen LogP contribution in [0.3, 0.4) is 0 Å². The number of amides is 1. The number of carbonyl (C=O) groups excluding carboxylic acids is 1. The summed E-state index contributed by atoms with van der Waals surface area (Å²) in [5, 5.41) is 1.04. The van der Waals surface area contributed by atoms with Gasteiger partial charge < -0.3 is 19.4 Å². The van der Waals surface area contributed by atoms with Gasteiger partial charge in [0.05, 0.1) is 12.3 Å². The normalized spacial score (nSPS) is 13.2. The van der Waals surface area contributed by atoms with Crippen LogP contribution in [-0.2, 0) is 12.3 Å². The molecule has 212 valence electrons. The zero-order chi connectivity index (χ0) is 28.6. The molecule has 0 atom stereocenters. The number of piperazine rings is 1. The van der Waals surface area contributed by atoms with Crippen LogP contribution in [0, 0.1) is 0 Å². The standard InChI is InChI=1S/C32H34ClN5O2S/c1-3-40-28-12-8-7-11-27(28)37-17-19-38(20-18-37)31(39)26-15-13-25(14-16-26)23-41-32-34-29(33)21-30(35-32)36(2)22-24-9-5-4-6-10-24/h4-16,21H,3,17-20,22-23H2,1-2H3. The summed E-state index contributed by atoms with van der Waals surface area (Å²) in [6, 6.07) is 27.9. The molecule has 3 aromatic carbocycles. The number of nitrogens with zero attached hydrogens (tertiary/aromatic N) is 5. The lowest BCUT2D eigenvalue weighted by molar-refractivity contribution is 0.0746. The van der Waals surface area contributed by atoms with Crippen molar-refractivity contribution in [3.05, 3.63) is 107 Å². The Morgan fingerprint density at radius 1 is 0.927 bits per heavy atom. The van der Waals surface area contributed by atoms with Crippen LogP contribution in [0.1, 0.15) is 28.4 Å². The third-order valence-electron chi connectivity index (χ3n) is 6.96. The van der Waals surface area contributed by atoms with E-state index >= 15 is 0 Å². The minimum Gasteiger partial charge on any atom is -0.492 e. The second kappa shape index (κ2) is 13.7. The molecule has 0 radical (unpaired) electrons. The maximum absolute atomic E-state index is 13.2. The number of benzene rings is 3. The first-order chi connectivity index (χ1) is 20.0. The summed E-state index contributed by atoms with van der Waals surface area (Å²) in [4.78, 5) is 28.6. The Labute approximate surface area is 251 Å². The van der Waals surface area contributed by atoms with E-state index in [1.165, 1.54) is 17.3 Å². The summed E-state index contributed by atoms with van der Waals surface area (Å²) in [5.74, 6) is 2.40. The second-order valence-corrected chi connectivity index (χ2v) is 11.2. The van der Waals surface area contributed by atoms with Gasteiger partial charge in [-0.25, -0.2) is 9.97 Å². The van der Waals surface area contributed by atoms with E-state index in [4.69, 9.17) is 21.3 Å². The molecule has 4 aromatic rings. The SMILES string of the molecule is CCOc1ccccc1N1CCN(C(=O)c2ccc(CSc3nc(Cl)cc(N(C)Cc4ccccc4)n3)cc2)CC1. The van der Waals surface area contributed by atoms with Gasteiger partial charge in [-0.15, -0.1) is 0 Å². The summed E-state index contributed by atoms with van der Waals surface area (Å²) < 4.78 is 5.80. The van der Waals surface area contributed by atoms with Crippen molar-refractivity contribution in [1.29, 1.82) is 0 Å². The quantitative estimate of drug-likeness (QED) is 0.120. The van der Waals surface area contributed by atoms with Crippen LogP contribution in [0.25, 0.3) is 0 Å². The molecule has 41 heavy (non-hydrogen) atoms. The highest BCUT2D eigenvalue weighted by atomic mass is 35.5. The Morgan fingerprint density at radius 3 is 2.37 bits per heavy atom. The minimum atomic E-state index is 0.0613. The molecule has 1 fully saturated rings. The smallest absolute Gasteiger partial charge is 0.253 e. The number of hydrogen-bond acceptors (Lipinski definition) is 7. The fourth-order valence-corrected chi connectivity index (χ4v) is 5.84. The number of hydrogen-bond donors (Lipinski definition) is 0. The van der Waals surface area contributed by atoms with Crippen molar-refractivity contribution >= 4 is 40.8 Å². The molecule has 2 heterocycles. The Hall–Kier alpha value is -3.75. The van der Waals surface area contributed by atoms with E-state index in [1.807, 2.05) is 79.5 Å². The van der Waals surface area contributed by atoms with Gasteiger partial charge in [-0.3, -0.25) is 4.79 Å². The largest absolute Gasteiger partial charge is 0.492 e. The summed E-state index contributed by atoms with van der Waals surface area (Å²) in [5.41, 5.74) is 4.07. The van der Waals surface area contributed by atoms with Crippen LogP contribution in [0.4, 0.5) is 11.5 Å². The lowest BCUT2D eigenvalue weighted by Gasteiger charge is -2.36. The fourth-order valence-electron chi connectivity index (χ4n) is 4.80. The number of ether oxygens (including phenoxy) is 1. The summed E-state index contributed by atoms with van der Waals surface area (Å²) in [6.45, 7) is 6.23. The maximum atomic E-state index is 13.2. The minimum absolute atomic E-state index is 0.0613. The number of para-hydroxylation sites is 2. The first-order valence-electron chi connectivity index (χ1n) is 13.8. The highest BCUT2D eigenvalue weighted by molar-refractivity contribution is 7.98. The van der Waals surface area contributed by atoms with Crippen molar-refractivity contribution < 1.29 is 9.53 Å². The number of rotatable bonds is 10. The molecule has 1 aliphatic heterocycles. The van der Waals surface area contributed by atoms with Crippen LogP contribution < -0.4 is 14.5 Å². The predicted octanol–water partition coefficient (Wildman–Crippen LogP) is 6.42. The summed E-state index contributed by atoms with van der Waals surface area (Å²) >= 11 is 7.86. The van der Waals surface area contributed by atoms with Crippen molar-refractivity contribution in [2.24, 2.45) is 0 Å². The third kappa shape index (κ3) is 7.51. The van der Waals surface area contributed by atoms with Crippen molar-refractivity contribution in [1.82, 2.24) is 14.9 Å². The van der Waals surface area contributed by atoms with E-state index in [2.05, 4.69) is 33.0 Å². The van der Waals surface area contributed by atoms with Crippen molar-refractivity contribution in [2.45, 2.75) is 24.4 Å². The topological polar surface area (TPSA) is 61.8 Å². The molecule has 0 aliphatic carbocycles. The molecule has 5 rings (SSSR count). The van der Waals surface area contributed by atoms with Crippen LogP contribution in [-0.4, -0.2) is 60.6 Å². The number of halogens is 1. The zero-order valence-corrected chi connectivity index (χ0v) is 24.9. The Balaban J connectivity index is 1.15. The Kier molecular flexibility index (Phi) is 9.64. The van der Waals surface area contributed by atoms with Gasteiger partial charge in [-0.05, 0) is 42.3 Å². The number of carbonyl (C=O) groups is 1. The molecule has 0 bridgehead atoms. The molecular formula is C32H34ClN5O2S. The average Bonchev–Trinajstić information content (AvgIpc) is 3.01. The van der Waals surface area contributed by atoms with Gasteiger partial charge in [0, 0.05) is 57.2 Å². The van der Waals surface area contributed by atoms with Crippen molar-refractivity contribution in [3.8, 4) is 5.75 Å². The monoisotopic (exact) mass is 587 g/mol. The first kappa shape index (κ1) is 28.8. The van der Waals surface area contributed by atoms with E-state index in [9.17, 15) is 4.79 Å². The highest BCUT2D eigenvalue weighted by Gasteiger charge is 2.24. The summed E-state index contributed by atoms with van der Waals surface area (Å²) in [6.07, 6.45) is 0. The summed E-state index contributed by atoms with van der Waals surface area (Å²) in [7, 11) is 2.00. The molecule has 1 amide bonds. The first-order valence-corrected chi connectivity index (χ1v) is 15.1. The molecule has 7 nitrogen and oxygen atoms in total. The van der Waals surface area contributed by atoms with E-state index in [0.29, 0.717) is 41.3 Å². The number of aromatic nitrogens is 2. The van der Waals surface area contributed by atoms with Crippen LogP contribution in [0.15, 0.2) is 90.1 Å². The molecule has 0 N–H and O–H groups in total. The fraction of sp³-hybridized carbons (Fsp3) is 0.281. The number of anilines is 2. The predicted molar refractivity (Wildman–Crippen MR) is 167 cm³/mol. The Morgan fingerprint density at radius 2 is 1.63 bits per heavy atom. The second-order valence-electron chi connectivity index (χ2n) is 9.84. The molecule has 0 saturated carbocycles. The maximum Gasteiger partial charge on any atom is 0.253 e. The molecule has 9 heteroatoms. The van der Waals surface area contributed by atoms with Crippen molar-refractivity contribution in [3.63, 3.8) is 0 Å². The molecule has 1 saturated heterocycles. The molecule has 1 aromatic heterocycles. The van der Waals surface area contributed by atoms with Gasteiger partial charge in [-0.1, -0.05) is 78.0 Å². The molecular weight excluding hydrogens is 554 g/mol. The van der Waals surface area contributed by atoms with Gasteiger partial charge in [0.1, 0.15) is 16.7 Å². The van der Waals surface area contributed by atoms with Gasteiger partial charge in [0.25, 0.3) is 5.91 Å². The van der Waals surface area contributed by atoms with E-state index < -0.39 is 0 Å². The van der Waals surface area contributed by atoms with Gasteiger partial charge in [0.15, 0.2) is 5.16 Å². The molecule has 0 unspecified atom stereocenters. The van der Waals surface area contributed by atoms with Gasteiger partial charge >= 0.3 is 0 Å². The molecule has 1 aliphatic rings. The average molecular weight is 588 g/mol. The van der Waals surface area contributed by atoms with Crippen LogP contribution in [0.5, 0.6) is 5.75 Å². The van der Waals surface area contributed by atoms with E-state index in [1.54, 1.807) is 6.07 Å².